The molecule has 0 unspecified atom stereocenters. The lowest BCUT2D eigenvalue weighted by Crippen LogP contribution is -2.23. The molecule has 1 aliphatic carbocycles. The Kier molecular flexibility index (Phi) is 7.84. The minimum Gasteiger partial charge on any atom is -0.480 e. The molecule has 0 radical (unpaired) electrons. The van der Waals surface area contributed by atoms with Crippen LogP contribution in [0, 0.1) is 11.8 Å². The molecule has 1 aromatic heterocycles. The summed E-state index contributed by atoms with van der Waals surface area (Å²) in [6.45, 7) is 3.35. The van der Waals surface area contributed by atoms with Crippen molar-refractivity contribution in [2.75, 3.05) is 13.2 Å². The number of carbonyl (C=O) groups is 1. The minimum atomic E-state index is -0.905. The highest BCUT2D eigenvalue weighted by Gasteiger charge is 2.25. The Morgan fingerprint density at radius 1 is 1.06 bits per heavy atom. The van der Waals surface area contributed by atoms with Gasteiger partial charge in [-0.05, 0) is 61.6 Å². The minimum absolute atomic E-state index is 0.209. The lowest BCUT2D eigenvalue weighted by molar-refractivity contribution is -0.142. The Balaban J connectivity index is 1.58. The Morgan fingerprint density at radius 3 is 2.42 bits per heavy atom. The van der Waals surface area contributed by atoms with E-state index < -0.39 is 5.97 Å². The molecular formula is C27H31ClN2O3. The zero-order chi connectivity index (χ0) is 23.2. The number of halogens is 1. The molecule has 3 aromatic rings. The average molecular weight is 467 g/mol. The number of carboxylic acid groups (broad SMARTS) is 1. The monoisotopic (exact) mass is 466 g/mol. The lowest BCUT2D eigenvalue weighted by atomic mass is 9.82. The van der Waals surface area contributed by atoms with Gasteiger partial charge in [-0.3, -0.25) is 4.68 Å². The molecule has 1 heterocycles. The number of hydrogen-bond acceptors (Lipinski definition) is 3. The van der Waals surface area contributed by atoms with E-state index in [0.29, 0.717) is 18.4 Å². The van der Waals surface area contributed by atoms with Crippen LogP contribution in [0.5, 0.6) is 0 Å². The average Bonchev–Trinajstić information content (AvgIpc) is 3.19. The molecule has 0 atom stereocenters. The van der Waals surface area contributed by atoms with E-state index in [4.69, 9.17) is 26.5 Å². The van der Waals surface area contributed by atoms with Gasteiger partial charge >= 0.3 is 5.97 Å². The molecule has 1 saturated carbocycles. The Hall–Kier alpha value is -2.63. The van der Waals surface area contributed by atoms with Crippen LogP contribution in [0.1, 0.15) is 38.3 Å². The Morgan fingerprint density at radius 2 is 1.76 bits per heavy atom. The summed E-state index contributed by atoms with van der Waals surface area (Å²) in [5.74, 6) is 0.0816. The molecule has 0 bridgehead atoms. The topological polar surface area (TPSA) is 64.4 Å². The van der Waals surface area contributed by atoms with Crippen molar-refractivity contribution in [2.24, 2.45) is 11.8 Å². The lowest BCUT2D eigenvalue weighted by Gasteiger charge is -2.28. The molecule has 0 aliphatic heterocycles. The number of rotatable bonds is 9. The second-order valence-electron chi connectivity index (χ2n) is 8.88. The fourth-order valence-corrected chi connectivity index (χ4v) is 5.06. The van der Waals surface area contributed by atoms with Crippen LogP contribution in [0.25, 0.3) is 22.4 Å². The molecule has 1 fully saturated rings. The number of benzene rings is 2. The van der Waals surface area contributed by atoms with Crippen LogP contribution < -0.4 is 0 Å². The van der Waals surface area contributed by atoms with E-state index in [-0.39, 0.29) is 6.61 Å². The van der Waals surface area contributed by atoms with E-state index in [9.17, 15) is 4.79 Å². The molecule has 6 heteroatoms. The van der Waals surface area contributed by atoms with Gasteiger partial charge in [0.1, 0.15) is 6.61 Å². The van der Waals surface area contributed by atoms with Gasteiger partial charge in [0, 0.05) is 22.7 Å². The standard InChI is InChI=1S/C27H31ClN2O3/c1-2-24-26(22-9-6-10-23(28)15-22)27(21-7-4-3-5-8-21)30(29-24)16-19-11-13-20(14-12-19)17-33-18-25(31)32/h3-10,15,19-20H,2,11-14,16-18H2,1H3,(H,31,32). The predicted molar refractivity (Wildman–Crippen MR) is 131 cm³/mol. The Bertz CT molecular complexity index is 1070. The van der Waals surface area contributed by atoms with E-state index in [1.54, 1.807) is 0 Å². The van der Waals surface area contributed by atoms with Crippen LogP contribution in [-0.4, -0.2) is 34.1 Å². The zero-order valence-corrected chi connectivity index (χ0v) is 19.8. The fourth-order valence-electron chi connectivity index (χ4n) is 4.87. The molecule has 2 aromatic carbocycles. The van der Waals surface area contributed by atoms with Crippen LogP contribution in [0.15, 0.2) is 54.6 Å². The summed E-state index contributed by atoms with van der Waals surface area (Å²) in [6, 6.07) is 18.5. The van der Waals surface area contributed by atoms with E-state index >= 15 is 0 Å². The molecule has 0 spiro atoms. The molecule has 1 N–H and O–H groups in total. The first-order chi connectivity index (χ1) is 16.0. The number of aromatic nitrogens is 2. The molecule has 0 saturated heterocycles. The summed E-state index contributed by atoms with van der Waals surface area (Å²) in [5, 5.41) is 14.6. The van der Waals surface area contributed by atoms with Crippen LogP contribution in [-0.2, 0) is 22.5 Å². The highest BCUT2D eigenvalue weighted by molar-refractivity contribution is 6.30. The van der Waals surface area contributed by atoms with Gasteiger partial charge in [0.2, 0.25) is 0 Å². The van der Waals surface area contributed by atoms with Crippen molar-refractivity contribution in [3.63, 3.8) is 0 Å². The number of carboxylic acids is 1. The maximum Gasteiger partial charge on any atom is 0.329 e. The van der Waals surface area contributed by atoms with E-state index in [1.165, 1.54) is 5.56 Å². The van der Waals surface area contributed by atoms with Gasteiger partial charge in [0.25, 0.3) is 0 Å². The van der Waals surface area contributed by atoms with Gasteiger partial charge < -0.3 is 9.84 Å². The SMILES string of the molecule is CCc1nn(CC2CCC(COCC(=O)O)CC2)c(-c2ccccc2)c1-c1cccc(Cl)c1. The third-order valence-corrected chi connectivity index (χ3v) is 6.73. The molecule has 174 valence electrons. The van der Waals surface area contributed by atoms with Crippen LogP contribution in [0.3, 0.4) is 0 Å². The highest BCUT2D eigenvalue weighted by Crippen LogP contribution is 2.38. The normalized spacial score (nSPS) is 18.4. The van der Waals surface area contributed by atoms with Gasteiger partial charge in [0.15, 0.2) is 0 Å². The van der Waals surface area contributed by atoms with Crippen molar-refractivity contribution in [1.82, 2.24) is 9.78 Å². The van der Waals surface area contributed by atoms with Gasteiger partial charge in [0.05, 0.1) is 18.0 Å². The quantitative estimate of drug-likeness (QED) is 0.399. The summed E-state index contributed by atoms with van der Waals surface area (Å²) < 4.78 is 7.53. The van der Waals surface area contributed by atoms with E-state index in [0.717, 1.165) is 66.2 Å². The molecule has 5 nitrogen and oxygen atoms in total. The summed E-state index contributed by atoms with van der Waals surface area (Å²) in [6.07, 6.45) is 5.18. The first-order valence-corrected chi connectivity index (χ1v) is 12.1. The Labute approximate surface area is 200 Å². The van der Waals surface area contributed by atoms with Crippen LogP contribution in [0.4, 0.5) is 0 Å². The summed E-state index contributed by atoms with van der Waals surface area (Å²) in [7, 11) is 0. The maximum atomic E-state index is 10.7. The smallest absolute Gasteiger partial charge is 0.329 e. The summed E-state index contributed by atoms with van der Waals surface area (Å²) in [5.41, 5.74) is 5.68. The highest BCUT2D eigenvalue weighted by atomic mass is 35.5. The van der Waals surface area contributed by atoms with Crippen molar-refractivity contribution < 1.29 is 14.6 Å². The van der Waals surface area contributed by atoms with Gasteiger partial charge in [-0.1, -0.05) is 61.0 Å². The van der Waals surface area contributed by atoms with Gasteiger partial charge in [-0.15, -0.1) is 0 Å². The van der Waals surface area contributed by atoms with Crippen molar-refractivity contribution in [3.8, 4) is 22.4 Å². The molecule has 1 aliphatic rings. The van der Waals surface area contributed by atoms with Crippen molar-refractivity contribution in [3.05, 3.63) is 65.3 Å². The van der Waals surface area contributed by atoms with Crippen LogP contribution in [0.2, 0.25) is 5.02 Å². The zero-order valence-electron chi connectivity index (χ0n) is 19.0. The van der Waals surface area contributed by atoms with Crippen molar-refractivity contribution in [1.29, 1.82) is 0 Å². The van der Waals surface area contributed by atoms with Crippen molar-refractivity contribution >= 4 is 17.6 Å². The summed E-state index contributed by atoms with van der Waals surface area (Å²) >= 11 is 6.35. The van der Waals surface area contributed by atoms with Gasteiger partial charge in [-0.2, -0.15) is 5.10 Å². The fraction of sp³-hybridized carbons (Fsp3) is 0.407. The largest absolute Gasteiger partial charge is 0.480 e. The van der Waals surface area contributed by atoms with Crippen LogP contribution >= 0.6 is 11.6 Å². The summed E-state index contributed by atoms with van der Waals surface area (Å²) in [4.78, 5) is 10.7. The van der Waals surface area contributed by atoms with Crippen molar-refractivity contribution in [2.45, 2.75) is 45.6 Å². The molecule has 33 heavy (non-hydrogen) atoms. The first-order valence-electron chi connectivity index (χ1n) is 11.8. The number of aliphatic carboxylic acids is 1. The van der Waals surface area contributed by atoms with E-state index in [2.05, 4.69) is 41.9 Å². The molecular weight excluding hydrogens is 436 g/mol. The number of nitrogens with zero attached hydrogens (tertiary/aromatic N) is 2. The molecule has 4 rings (SSSR count). The third-order valence-electron chi connectivity index (χ3n) is 6.50. The maximum absolute atomic E-state index is 10.7. The van der Waals surface area contributed by atoms with Gasteiger partial charge in [-0.25, -0.2) is 4.79 Å². The third kappa shape index (κ3) is 5.84. The van der Waals surface area contributed by atoms with E-state index in [1.807, 2.05) is 24.3 Å². The first kappa shape index (κ1) is 23.5. The number of aryl methyl sites for hydroxylation is 1. The molecule has 0 amide bonds. The number of ether oxygens (including phenoxy) is 1. The predicted octanol–water partition coefficient (Wildman–Crippen LogP) is 6.34. The second-order valence-corrected chi connectivity index (χ2v) is 9.31. The number of hydrogen-bond donors (Lipinski definition) is 1. The second kappa shape index (κ2) is 11.0.